The average molecular weight is 329 g/mol. The predicted octanol–water partition coefficient (Wildman–Crippen LogP) is 3.27. The van der Waals surface area contributed by atoms with Gasteiger partial charge in [0.25, 0.3) is 5.91 Å². The lowest BCUT2D eigenvalue weighted by Crippen LogP contribution is -2.57. The lowest BCUT2D eigenvalue weighted by molar-refractivity contribution is -0.274. The third-order valence-electron chi connectivity index (χ3n) is 4.81. The van der Waals surface area contributed by atoms with Crippen LogP contribution in [0.5, 0.6) is 5.75 Å². The van der Waals surface area contributed by atoms with Gasteiger partial charge in [0.15, 0.2) is 0 Å². The van der Waals surface area contributed by atoms with Crippen LogP contribution in [0.2, 0.25) is 0 Å². The monoisotopic (exact) mass is 329 g/mol. The average Bonchev–Trinajstić information content (AvgIpc) is 2.51. The number of rotatable bonds is 3. The molecule has 1 amide bonds. The van der Waals surface area contributed by atoms with Gasteiger partial charge >= 0.3 is 6.36 Å². The molecule has 1 atom stereocenters. The fourth-order valence-electron chi connectivity index (χ4n) is 3.35. The molecule has 1 saturated carbocycles. The topological polar surface area (TPSA) is 47.6 Å². The van der Waals surface area contributed by atoms with E-state index in [0.717, 1.165) is 51.0 Å². The second-order valence-electron chi connectivity index (χ2n) is 6.11. The van der Waals surface area contributed by atoms with Crippen molar-refractivity contribution in [2.75, 3.05) is 13.2 Å². The Labute approximate surface area is 132 Å². The highest BCUT2D eigenvalue weighted by Gasteiger charge is 2.47. The minimum atomic E-state index is -4.73. The van der Waals surface area contributed by atoms with E-state index in [2.05, 4.69) is 10.1 Å². The third kappa shape index (κ3) is 3.60. The summed E-state index contributed by atoms with van der Waals surface area (Å²) in [7, 11) is 0. The molecule has 1 saturated heterocycles. The van der Waals surface area contributed by atoms with E-state index >= 15 is 0 Å². The Hall–Kier alpha value is -1.76. The number of benzene rings is 1. The van der Waals surface area contributed by atoms with E-state index in [1.807, 2.05) is 0 Å². The van der Waals surface area contributed by atoms with E-state index in [9.17, 15) is 18.0 Å². The normalized spacial score (nSPS) is 23.2. The van der Waals surface area contributed by atoms with Gasteiger partial charge in [0.05, 0.1) is 0 Å². The SMILES string of the molecule is O=C(NC1CCC12CCOCC2)c1ccc(OC(F)(F)F)cc1. The molecule has 1 heterocycles. The Morgan fingerprint density at radius 2 is 1.83 bits per heavy atom. The summed E-state index contributed by atoms with van der Waals surface area (Å²) in [6.07, 6.45) is -0.835. The summed E-state index contributed by atoms with van der Waals surface area (Å²) in [5.41, 5.74) is 0.460. The van der Waals surface area contributed by atoms with Crippen molar-refractivity contribution in [2.24, 2.45) is 5.41 Å². The minimum Gasteiger partial charge on any atom is -0.406 e. The molecule has 1 N–H and O–H groups in total. The van der Waals surface area contributed by atoms with Crippen molar-refractivity contribution in [1.29, 1.82) is 0 Å². The Morgan fingerprint density at radius 3 is 2.35 bits per heavy atom. The maximum absolute atomic E-state index is 12.3. The van der Waals surface area contributed by atoms with Gasteiger partial charge in [-0.15, -0.1) is 13.2 Å². The first-order valence-electron chi connectivity index (χ1n) is 7.62. The molecule has 0 radical (unpaired) electrons. The largest absolute Gasteiger partial charge is 0.573 e. The number of carbonyl (C=O) groups is 1. The maximum Gasteiger partial charge on any atom is 0.573 e. The summed E-state index contributed by atoms with van der Waals surface area (Å²) in [5, 5.41) is 3.00. The van der Waals surface area contributed by atoms with Crippen molar-refractivity contribution in [3.8, 4) is 5.75 Å². The summed E-state index contributed by atoms with van der Waals surface area (Å²) in [4.78, 5) is 12.3. The number of hydrogen-bond acceptors (Lipinski definition) is 3. The van der Waals surface area contributed by atoms with Gasteiger partial charge in [-0.05, 0) is 55.4 Å². The van der Waals surface area contributed by atoms with Crippen LogP contribution in [0.3, 0.4) is 0 Å². The van der Waals surface area contributed by atoms with Crippen molar-refractivity contribution in [1.82, 2.24) is 5.32 Å². The van der Waals surface area contributed by atoms with E-state index in [4.69, 9.17) is 4.74 Å². The molecule has 126 valence electrons. The Morgan fingerprint density at radius 1 is 1.17 bits per heavy atom. The highest BCUT2D eigenvalue weighted by atomic mass is 19.4. The van der Waals surface area contributed by atoms with E-state index in [0.29, 0.717) is 5.56 Å². The molecule has 4 nitrogen and oxygen atoms in total. The summed E-state index contributed by atoms with van der Waals surface area (Å²) in [6, 6.07) is 5.09. The van der Waals surface area contributed by atoms with Crippen LogP contribution in [0, 0.1) is 5.41 Å². The van der Waals surface area contributed by atoms with Crippen molar-refractivity contribution >= 4 is 5.91 Å². The fraction of sp³-hybridized carbons (Fsp3) is 0.562. The number of carbonyl (C=O) groups excluding carboxylic acids is 1. The summed E-state index contributed by atoms with van der Waals surface area (Å²) in [6.45, 7) is 1.44. The zero-order valence-electron chi connectivity index (χ0n) is 12.5. The van der Waals surface area contributed by atoms with Gasteiger partial charge in [-0.1, -0.05) is 0 Å². The molecule has 1 aromatic rings. The van der Waals surface area contributed by atoms with Crippen molar-refractivity contribution in [2.45, 2.75) is 38.1 Å². The van der Waals surface area contributed by atoms with Crippen LogP contribution in [-0.2, 0) is 4.74 Å². The maximum atomic E-state index is 12.3. The second-order valence-corrected chi connectivity index (χ2v) is 6.11. The van der Waals surface area contributed by atoms with Gasteiger partial charge < -0.3 is 14.8 Å². The van der Waals surface area contributed by atoms with E-state index in [-0.39, 0.29) is 23.1 Å². The Bertz CT molecular complexity index is 565. The number of hydrogen-bond donors (Lipinski definition) is 1. The molecule has 0 aromatic heterocycles. The van der Waals surface area contributed by atoms with Gasteiger partial charge in [0, 0.05) is 24.8 Å². The van der Waals surface area contributed by atoms with Gasteiger partial charge in [-0.25, -0.2) is 0 Å². The lowest BCUT2D eigenvalue weighted by atomic mass is 9.60. The molecule has 1 aliphatic heterocycles. The van der Waals surface area contributed by atoms with Gasteiger partial charge in [-0.2, -0.15) is 0 Å². The molecule has 7 heteroatoms. The number of ether oxygens (including phenoxy) is 2. The molecule has 0 bridgehead atoms. The molecule has 2 fully saturated rings. The quantitative estimate of drug-likeness (QED) is 0.926. The molecule has 1 unspecified atom stereocenters. The van der Waals surface area contributed by atoms with E-state index < -0.39 is 6.36 Å². The minimum absolute atomic E-state index is 0.116. The summed E-state index contributed by atoms with van der Waals surface area (Å²) >= 11 is 0. The lowest BCUT2D eigenvalue weighted by Gasteiger charge is -2.52. The van der Waals surface area contributed by atoms with Crippen LogP contribution in [0.1, 0.15) is 36.0 Å². The zero-order chi connectivity index (χ0) is 16.5. The van der Waals surface area contributed by atoms with Gasteiger partial charge in [0.2, 0.25) is 0 Å². The predicted molar refractivity (Wildman–Crippen MR) is 76.1 cm³/mol. The molecule has 3 rings (SSSR count). The van der Waals surface area contributed by atoms with Gasteiger partial charge in [-0.3, -0.25) is 4.79 Å². The number of nitrogens with one attached hydrogen (secondary N) is 1. The number of alkyl halides is 3. The molecular weight excluding hydrogens is 311 g/mol. The number of halogens is 3. The van der Waals surface area contributed by atoms with Crippen LogP contribution in [0.15, 0.2) is 24.3 Å². The second kappa shape index (κ2) is 6.03. The van der Waals surface area contributed by atoms with Crippen molar-refractivity contribution in [3.05, 3.63) is 29.8 Å². The molecule has 2 aliphatic rings. The Balaban J connectivity index is 1.60. The fourth-order valence-corrected chi connectivity index (χ4v) is 3.35. The van der Waals surface area contributed by atoms with Crippen LogP contribution in [0.25, 0.3) is 0 Å². The van der Waals surface area contributed by atoms with Crippen molar-refractivity contribution < 1.29 is 27.4 Å². The van der Waals surface area contributed by atoms with E-state index in [1.165, 1.54) is 12.1 Å². The summed E-state index contributed by atoms with van der Waals surface area (Å²) < 4.78 is 45.5. The standard InChI is InChI=1S/C16H18F3NO3/c17-16(18,19)23-12-3-1-11(2-4-12)14(21)20-13-5-6-15(13)7-9-22-10-8-15/h1-4,13H,5-10H2,(H,20,21). The molecule has 1 aromatic carbocycles. The first kappa shape index (κ1) is 16.1. The number of amides is 1. The highest BCUT2D eigenvalue weighted by molar-refractivity contribution is 5.94. The van der Waals surface area contributed by atoms with Crippen LogP contribution < -0.4 is 10.1 Å². The molecular formula is C16H18F3NO3. The zero-order valence-corrected chi connectivity index (χ0v) is 12.5. The first-order chi connectivity index (χ1) is 10.9. The molecule has 1 spiro atoms. The molecule has 1 aliphatic carbocycles. The highest BCUT2D eigenvalue weighted by Crippen LogP contribution is 2.48. The Kier molecular flexibility index (Phi) is 4.23. The molecule has 23 heavy (non-hydrogen) atoms. The third-order valence-corrected chi connectivity index (χ3v) is 4.81. The van der Waals surface area contributed by atoms with Crippen LogP contribution in [0.4, 0.5) is 13.2 Å². The van der Waals surface area contributed by atoms with Crippen LogP contribution in [-0.4, -0.2) is 31.5 Å². The van der Waals surface area contributed by atoms with Gasteiger partial charge in [0.1, 0.15) is 5.75 Å². The first-order valence-corrected chi connectivity index (χ1v) is 7.62. The smallest absolute Gasteiger partial charge is 0.406 e. The van der Waals surface area contributed by atoms with E-state index in [1.54, 1.807) is 0 Å². The van der Waals surface area contributed by atoms with Crippen molar-refractivity contribution in [3.63, 3.8) is 0 Å². The summed E-state index contributed by atoms with van der Waals surface area (Å²) in [5.74, 6) is -0.599. The van der Waals surface area contributed by atoms with Crippen LogP contribution >= 0.6 is 0 Å².